The molecule has 0 atom stereocenters. The molecule has 10 nitrogen and oxygen atoms in total. The Morgan fingerprint density at radius 2 is 1.55 bits per heavy atom. The van der Waals surface area contributed by atoms with Crippen molar-refractivity contribution in [2.75, 3.05) is 37.1 Å². The maximum Gasteiger partial charge on any atom is 0.251 e. The SMILES string of the molecule is O=C(CCc1ccc2c(c1)[nH]c1ccncc12)NCCCCCCNC(=O)c1ccc(CN(C(=O)CCl)c2ccc3c(c2)OCCO3)cc1. The zero-order chi connectivity index (χ0) is 34.0. The van der Waals surface area contributed by atoms with Crippen LogP contribution < -0.4 is 25.0 Å². The number of hydrogen-bond donors (Lipinski definition) is 3. The highest BCUT2D eigenvalue weighted by Crippen LogP contribution is 2.34. The third-order valence-corrected chi connectivity index (χ3v) is 8.85. The third-order valence-electron chi connectivity index (χ3n) is 8.63. The molecule has 0 unspecified atom stereocenters. The predicted molar refractivity (Wildman–Crippen MR) is 192 cm³/mol. The first-order valence-electron chi connectivity index (χ1n) is 16.7. The standard InChI is InChI=1S/C38H40ClN5O5/c39-23-37(46)44(29-11-13-34-35(22-29)49-20-19-48-34)25-27-5-9-28(10-6-27)38(47)42-17-4-2-1-3-16-41-36(45)14-8-26-7-12-30-31-24-40-18-15-32(31)43-33(30)21-26/h5-7,9-13,15,18,21-22,24,43H,1-4,8,14,16-17,19-20,23,25H2,(H,41,45)(H,42,47). The second kappa shape index (κ2) is 16.3. The highest BCUT2D eigenvalue weighted by atomic mass is 35.5. The van der Waals surface area contributed by atoms with E-state index < -0.39 is 0 Å². The highest BCUT2D eigenvalue weighted by Gasteiger charge is 2.20. The predicted octanol–water partition coefficient (Wildman–Crippen LogP) is 6.30. The van der Waals surface area contributed by atoms with Crippen LogP contribution >= 0.6 is 11.6 Å². The van der Waals surface area contributed by atoms with Crippen LogP contribution in [-0.4, -0.2) is 59.9 Å². The largest absolute Gasteiger partial charge is 0.486 e. The number of aryl methyl sites for hydroxylation is 1. The van der Waals surface area contributed by atoms with E-state index in [9.17, 15) is 14.4 Å². The number of anilines is 1. The van der Waals surface area contributed by atoms with Gasteiger partial charge in [-0.05, 0) is 66.8 Å². The summed E-state index contributed by atoms with van der Waals surface area (Å²) in [5.74, 6) is 0.759. The second-order valence-corrected chi connectivity index (χ2v) is 12.4. The van der Waals surface area contributed by atoms with E-state index in [1.807, 2.05) is 30.5 Å². The number of rotatable bonds is 15. The molecule has 3 amide bonds. The van der Waals surface area contributed by atoms with Crippen molar-refractivity contribution in [2.45, 2.75) is 45.1 Å². The minimum absolute atomic E-state index is 0.0564. The third kappa shape index (κ3) is 8.69. The summed E-state index contributed by atoms with van der Waals surface area (Å²) in [5.41, 5.74) is 5.32. The summed E-state index contributed by atoms with van der Waals surface area (Å²) >= 11 is 5.92. The molecule has 0 radical (unpaired) electrons. The van der Waals surface area contributed by atoms with E-state index >= 15 is 0 Å². The zero-order valence-corrected chi connectivity index (χ0v) is 28.1. The highest BCUT2D eigenvalue weighted by molar-refractivity contribution is 6.29. The van der Waals surface area contributed by atoms with Crippen molar-refractivity contribution < 1.29 is 23.9 Å². The number of aromatic amines is 1. The minimum atomic E-state index is -0.239. The normalized spacial score (nSPS) is 12.2. The van der Waals surface area contributed by atoms with Gasteiger partial charge in [0.2, 0.25) is 11.8 Å². The number of benzene rings is 3. The van der Waals surface area contributed by atoms with Crippen LogP contribution in [0.1, 0.15) is 53.6 Å². The maximum absolute atomic E-state index is 12.7. The minimum Gasteiger partial charge on any atom is -0.486 e. The molecule has 0 fully saturated rings. The molecule has 0 spiro atoms. The van der Waals surface area contributed by atoms with Gasteiger partial charge in [0, 0.05) is 71.0 Å². The van der Waals surface area contributed by atoms with Gasteiger partial charge in [-0.1, -0.05) is 37.1 Å². The van der Waals surface area contributed by atoms with Crippen LogP contribution in [0.3, 0.4) is 0 Å². The maximum atomic E-state index is 12.7. The summed E-state index contributed by atoms with van der Waals surface area (Å²) in [6.07, 6.45) is 8.46. The Bertz CT molecular complexity index is 1930. The first-order valence-corrected chi connectivity index (χ1v) is 17.3. The molecule has 5 aromatic rings. The lowest BCUT2D eigenvalue weighted by Crippen LogP contribution is -2.31. The van der Waals surface area contributed by atoms with Gasteiger partial charge in [-0.15, -0.1) is 11.6 Å². The Balaban J connectivity index is 0.858. The summed E-state index contributed by atoms with van der Waals surface area (Å²) < 4.78 is 11.3. The number of halogens is 1. The Labute approximate surface area is 290 Å². The van der Waals surface area contributed by atoms with E-state index in [4.69, 9.17) is 21.1 Å². The Kier molecular flexibility index (Phi) is 11.3. The number of carbonyl (C=O) groups is 3. The average molecular weight is 682 g/mol. The number of alkyl halides is 1. The Hall–Kier alpha value is -5.09. The topological polar surface area (TPSA) is 126 Å². The molecule has 1 aliphatic heterocycles. The molecule has 3 heterocycles. The molecule has 11 heteroatoms. The van der Waals surface area contributed by atoms with E-state index in [-0.39, 0.29) is 23.6 Å². The fourth-order valence-corrected chi connectivity index (χ4v) is 6.11. The first kappa shape index (κ1) is 33.8. The quantitative estimate of drug-likeness (QED) is 0.0880. The van der Waals surface area contributed by atoms with Gasteiger partial charge in [-0.3, -0.25) is 19.4 Å². The summed E-state index contributed by atoms with van der Waals surface area (Å²) in [4.78, 5) is 47.0. The van der Waals surface area contributed by atoms with Crippen molar-refractivity contribution in [1.82, 2.24) is 20.6 Å². The van der Waals surface area contributed by atoms with Gasteiger partial charge in [-0.2, -0.15) is 0 Å². The number of carbonyl (C=O) groups excluding carboxylic acids is 3. The molecule has 254 valence electrons. The summed E-state index contributed by atoms with van der Waals surface area (Å²) in [7, 11) is 0. The molecule has 1 aliphatic rings. The van der Waals surface area contributed by atoms with Gasteiger partial charge in [0.15, 0.2) is 11.5 Å². The number of H-pyrrole nitrogens is 1. The number of pyridine rings is 1. The molecule has 6 rings (SSSR count). The Morgan fingerprint density at radius 1 is 0.796 bits per heavy atom. The van der Waals surface area contributed by atoms with Gasteiger partial charge in [0.05, 0.1) is 6.54 Å². The van der Waals surface area contributed by atoms with E-state index in [1.54, 1.807) is 35.4 Å². The fraction of sp³-hybridized carbons (Fsp3) is 0.316. The van der Waals surface area contributed by atoms with Crippen LogP contribution in [-0.2, 0) is 22.6 Å². The van der Waals surface area contributed by atoms with Gasteiger partial charge in [-0.25, -0.2) is 0 Å². The summed E-state index contributed by atoms with van der Waals surface area (Å²) in [6, 6.07) is 20.8. The van der Waals surface area contributed by atoms with Gasteiger partial charge in [0.25, 0.3) is 5.91 Å². The number of fused-ring (bicyclic) bond motifs is 4. The number of amides is 3. The number of nitrogens with zero attached hydrogens (tertiary/aromatic N) is 2. The molecular formula is C38H40ClN5O5. The van der Waals surface area contributed by atoms with E-state index in [2.05, 4.69) is 38.8 Å². The number of hydrogen-bond acceptors (Lipinski definition) is 6. The zero-order valence-electron chi connectivity index (χ0n) is 27.3. The number of ether oxygens (including phenoxy) is 2. The van der Waals surface area contributed by atoms with Crippen molar-refractivity contribution in [3.8, 4) is 11.5 Å². The molecule has 0 saturated carbocycles. The number of unbranched alkanes of at least 4 members (excludes halogenated alkanes) is 3. The van der Waals surface area contributed by atoms with Crippen LogP contribution in [0.5, 0.6) is 11.5 Å². The van der Waals surface area contributed by atoms with Gasteiger partial charge < -0.3 is 30.0 Å². The van der Waals surface area contributed by atoms with Crippen LogP contribution in [0.25, 0.3) is 21.8 Å². The molecule has 49 heavy (non-hydrogen) atoms. The molecular weight excluding hydrogens is 642 g/mol. The van der Waals surface area contributed by atoms with Gasteiger partial charge in [0.1, 0.15) is 19.1 Å². The van der Waals surface area contributed by atoms with Crippen molar-refractivity contribution in [2.24, 2.45) is 0 Å². The van der Waals surface area contributed by atoms with Crippen molar-refractivity contribution in [3.63, 3.8) is 0 Å². The second-order valence-electron chi connectivity index (χ2n) is 12.1. The van der Waals surface area contributed by atoms with E-state index in [0.717, 1.165) is 58.6 Å². The van der Waals surface area contributed by atoms with E-state index in [1.165, 1.54) is 0 Å². The summed E-state index contributed by atoms with van der Waals surface area (Å²) in [5, 5.41) is 8.25. The smallest absolute Gasteiger partial charge is 0.251 e. The van der Waals surface area contributed by atoms with Crippen molar-refractivity contribution in [1.29, 1.82) is 0 Å². The lowest BCUT2D eigenvalue weighted by atomic mass is 10.1. The van der Waals surface area contributed by atoms with Gasteiger partial charge >= 0.3 is 0 Å². The van der Waals surface area contributed by atoms with Crippen LogP contribution in [0.15, 0.2) is 79.1 Å². The van der Waals surface area contributed by atoms with Crippen molar-refractivity contribution >= 4 is 56.8 Å². The fourth-order valence-electron chi connectivity index (χ4n) is 5.97. The molecule has 0 aliphatic carbocycles. The lowest BCUT2D eigenvalue weighted by Gasteiger charge is -2.25. The van der Waals surface area contributed by atoms with Crippen LogP contribution in [0, 0.1) is 0 Å². The molecule has 0 saturated heterocycles. The molecule has 2 aromatic heterocycles. The van der Waals surface area contributed by atoms with Crippen molar-refractivity contribution in [3.05, 3.63) is 95.8 Å². The number of nitrogens with one attached hydrogen (secondary N) is 3. The van der Waals surface area contributed by atoms with E-state index in [0.29, 0.717) is 68.4 Å². The Morgan fingerprint density at radius 3 is 2.35 bits per heavy atom. The monoisotopic (exact) mass is 681 g/mol. The number of aromatic nitrogens is 2. The first-order chi connectivity index (χ1) is 24.0. The molecule has 3 N–H and O–H groups in total. The average Bonchev–Trinajstić information content (AvgIpc) is 3.51. The van der Waals surface area contributed by atoms with Crippen LogP contribution in [0.4, 0.5) is 5.69 Å². The lowest BCUT2D eigenvalue weighted by molar-refractivity contribution is -0.121. The van der Waals surface area contributed by atoms with Crippen LogP contribution in [0.2, 0.25) is 0 Å². The molecule has 3 aromatic carbocycles. The summed E-state index contributed by atoms with van der Waals surface area (Å²) in [6.45, 7) is 2.46. The molecule has 0 bridgehead atoms.